The van der Waals surface area contributed by atoms with Gasteiger partial charge in [-0.05, 0) is 38.0 Å². The van der Waals surface area contributed by atoms with Gasteiger partial charge in [-0.3, -0.25) is 9.89 Å². The smallest absolute Gasteiger partial charge is 0.274 e. The fourth-order valence-corrected chi connectivity index (χ4v) is 1.60. The molecule has 2 rings (SSSR count). The Morgan fingerprint density at radius 2 is 1.87 bits per heavy atom. The van der Waals surface area contributed by atoms with Crippen LogP contribution in [0.3, 0.4) is 0 Å². The number of hydrogen-bond donors (Lipinski definition) is 1. The number of rotatable bonds is 1. The zero-order valence-electron chi connectivity index (χ0n) is 9.16. The molecule has 0 amide bonds. The van der Waals surface area contributed by atoms with Crippen LogP contribution in [0.5, 0.6) is 0 Å². The van der Waals surface area contributed by atoms with Gasteiger partial charge in [0, 0.05) is 11.8 Å². The number of aryl methyl sites for hydroxylation is 3. The molecule has 0 bridgehead atoms. The lowest BCUT2D eigenvalue weighted by molar-refractivity contribution is 0.840. The maximum atomic E-state index is 11.8. The Kier molecular flexibility index (Phi) is 2.23. The summed E-state index contributed by atoms with van der Waals surface area (Å²) >= 11 is 0. The zero-order chi connectivity index (χ0) is 11.0. The standard InChI is InChI=1S/C12H14N2O/c1-8-4-5-9(2)11(6-8)14-12(15)10(3)7-13-14/h4-7,13H,1-3H3. The highest BCUT2D eigenvalue weighted by atomic mass is 16.1. The van der Waals surface area contributed by atoms with Crippen LogP contribution in [0.2, 0.25) is 0 Å². The molecule has 1 heterocycles. The molecule has 2 aromatic rings. The topological polar surface area (TPSA) is 37.8 Å². The van der Waals surface area contributed by atoms with Crippen LogP contribution >= 0.6 is 0 Å². The Hall–Kier alpha value is -1.77. The van der Waals surface area contributed by atoms with Crippen molar-refractivity contribution in [2.24, 2.45) is 0 Å². The van der Waals surface area contributed by atoms with Gasteiger partial charge in [-0.2, -0.15) is 0 Å². The summed E-state index contributed by atoms with van der Waals surface area (Å²) in [5, 5.41) is 2.96. The van der Waals surface area contributed by atoms with Crippen LogP contribution in [-0.2, 0) is 0 Å². The van der Waals surface area contributed by atoms with Gasteiger partial charge in [-0.25, -0.2) is 4.68 Å². The Bertz CT molecular complexity index is 549. The quantitative estimate of drug-likeness (QED) is 0.755. The van der Waals surface area contributed by atoms with E-state index in [9.17, 15) is 4.79 Å². The van der Waals surface area contributed by atoms with Crippen molar-refractivity contribution in [3.63, 3.8) is 0 Å². The Morgan fingerprint density at radius 1 is 1.13 bits per heavy atom. The summed E-state index contributed by atoms with van der Waals surface area (Å²) in [6.07, 6.45) is 1.73. The highest BCUT2D eigenvalue weighted by Crippen LogP contribution is 2.13. The van der Waals surface area contributed by atoms with Crippen molar-refractivity contribution in [2.75, 3.05) is 0 Å². The third-order valence-corrected chi connectivity index (χ3v) is 2.56. The molecule has 0 spiro atoms. The Balaban J connectivity index is 2.69. The number of nitrogens with one attached hydrogen (secondary N) is 1. The van der Waals surface area contributed by atoms with Crippen LogP contribution < -0.4 is 5.56 Å². The third kappa shape index (κ3) is 1.61. The first-order valence-electron chi connectivity index (χ1n) is 4.94. The average Bonchev–Trinajstić information content (AvgIpc) is 2.52. The second-order valence-electron chi connectivity index (χ2n) is 3.89. The van der Waals surface area contributed by atoms with Crippen LogP contribution in [0.25, 0.3) is 5.69 Å². The van der Waals surface area contributed by atoms with E-state index in [1.54, 1.807) is 17.8 Å². The van der Waals surface area contributed by atoms with Crippen molar-refractivity contribution in [1.29, 1.82) is 0 Å². The van der Waals surface area contributed by atoms with Gasteiger partial charge in [-0.1, -0.05) is 12.1 Å². The molecule has 0 aliphatic heterocycles. The summed E-state index contributed by atoms with van der Waals surface area (Å²) in [6, 6.07) is 6.07. The van der Waals surface area contributed by atoms with E-state index in [4.69, 9.17) is 0 Å². The molecular formula is C12H14N2O. The molecule has 1 aromatic carbocycles. The molecule has 15 heavy (non-hydrogen) atoms. The molecule has 0 atom stereocenters. The normalized spacial score (nSPS) is 10.6. The average molecular weight is 202 g/mol. The van der Waals surface area contributed by atoms with Crippen LogP contribution in [0.15, 0.2) is 29.2 Å². The van der Waals surface area contributed by atoms with Crippen molar-refractivity contribution >= 4 is 0 Å². The van der Waals surface area contributed by atoms with E-state index in [0.717, 1.165) is 22.4 Å². The van der Waals surface area contributed by atoms with E-state index >= 15 is 0 Å². The van der Waals surface area contributed by atoms with Crippen molar-refractivity contribution in [2.45, 2.75) is 20.8 Å². The van der Waals surface area contributed by atoms with Crippen LogP contribution in [0.4, 0.5) is 0 Å². The van der Waals surface area contributed by atoms with Gasteiger partial charge >= 0.3 is 0 Å². The van der Waals surface area contributed by atoms with Crippen LogP contribution in [0, 0.1) is 20.8 Å². The molecule has 0 saturated carbocycles. The fraction of sp³-hybridized carbons (Fsp3) is 0.250. The fourth-order valence-electron chi connectivity index (χ4n) is 1.60. The first-order valence-corrected chi connectivity index (χ1v) is 4.94. The van der Waals surface area contributed by atoms with E-state index in [-0.39, 0.29) is 5.56 Å². The minimum absolute atomic E-state index is 0.0173. The first-order chi connectivity index (χ1) is 7.09. The van der Waals surface area contributed by atoms with Gasteiger partial charge in [-0.15, -0.1) is 0 Å². The van der Waals surface area contributed by atoms with Crippen molar-refractivity contribution in [1.82, 2.24) is 9.78 Å². The summed E-state index contributed by atoms with van der Waals surface area (Å²) in [7, 11) is 0. The van der Waals surface area contributed by atoms with Crippen molar-refractivity contribution < 1.29 is 0 Å². The predicted molar refractivity (Wildman–Crippen MR) is 60.6 cm³/mol. The van der Waals surface area contributed by atoms with Gasteiger partial charge in [0.2, 0.25) is 0 Å². The highest BCUT2D eigenvalue weighted by Gasteiger charge is 2.06. The van der Waals surface area contributed by atoms with E-state index in [2.05, 4.69) is 5.10 Å². The van der Waals surface area contributed by atoms with Gasteiger partial charge in [0.25, 0.3) is 5.56 Å². The minimum atomic E-state index is 0.0173. The molecule has 3 heteroatoms. The maximum Gasteiger partial charge on any atom is 0.274 e. The van der Waals surface area contributed by atoms with Gasteiger partial charge in [0.15, 0.2) is 0 Å². The Morgan fingerprint density at radius 3 is 2.47 bits per heavy atom. The number of hydrogen-bond acceptors (Lipinski definition) is 1. The van der Waals surface area contributed by atoms with E-state index in [0.29, 0.717) is 0 Å². The summed E-state index contributed by atoms with van der Waals surface area (Å²) < 4.78 is 1.58. The van der Waals surface area contributed by atoms with Gasteiger partial charge in [0.05, 0.1) is 5.69 Å². The molecule has 1 aromatic heterocycles. The number of nitrogens with zero attached hydrogens (tertiary/aromatic N) is 1. The molecule has 0 aliphatic carbocycles. The molecular weight excluding hydrogens is 188 g/mol. The Labute approximate surface area is 88.4 Å². The monoisotopic (exact) mass is 202 g/mol. The number of aromatic amines is 1. The third-order valence-electron chi connectivity index (χ3n) is 2.56. The van der Waals surface area contributed by atoms with Crippen LogP contribution in [-0.4, -0.2) is 9.78 Å². The second-order valence-corrected chi connectivity index (χ2v) is 3.89. The van der Waals surface area contributed by atoms with Crippen molar-refractivity contribution in [3.05, 3.63) is 51.4 Å². The minimum Gasteiger partial charge on any atom is -0.298 e. The first kappa shape index (κ1) is 9.77. The maximum absolute atomic E-state index is 11.8. The molecule has 0 saturated heterocycles. The SMILES string of the molecule is Cc1ccc(C)c(-n2[nH]cc(C)c2=O)c1. The van der Waals surface area contributed by atoms with Crippen LogP contribution in [0.1, 0.15) is 16.7 Å². The second kappa shape index (κ2) is 3.42. The number of aromatic nitrogens is 2. The van der Waals surface area contributed by atoms with E-state index in [1.165, 1.54) is 0 Å². The number of H-pyrrole nitrogens is 1. The molecule has 0 unspecified atom stereocenters. The highest BCUT2D eigenvalue weighted by molar-refractivity contribution is 5.42. The lowest BCUT2D eigenvalue weighted by Gasteiger charge is -2.06. The van der Waals surface area contributed by atoms with Gasteiger partial charge in [0.1, 0.15) is 0 Å². The van der Waals surface area contributed by atoms with E-state index in [1.807, 2.05) is 32.0 Å². The molecule has 78 valence electrons. The summed E-state index contributed by atoms with van der Waals surface area (Å²) in [4.78, 5) is 11.8. The molecule has 0 radical (unpaired) electrons. The summed E-state index contributed by atoms with van der Waals surface area (Å²) in [5.74, 6) is 0. The molecule has 0 aliphatic rings. The molecule has 3 nitrogen and oxygen atoms in total. The lowest BCUT2D eigenvalue weighted by Crippen LogP contribution is -2.16. The zero-order valence-corrected chi connectivity index (χ0v) is 9.16. The predicted octanol–water partition coefficient (Wildman–Crippen LogP) is 2.09. The molecule has 0 fully saturated rings. The number of benzene rings is 1. The largest absolute Gasteiger partial charge is 0.298 e. The van der Waals surface area contributed by atoms with Gasteiger partial charge < -0.3 is 0 Å². The van der Waals surface area contributed by atoms with E-state index < -0.39 is 0 Å². The summed E-state index contributed by atoms with van der Waals surface area (Å²) in [5.41, 5.74) is 3.91. The summed E-state index contributed by atoms with van der Waals surface area (Å²) in [6.45, 7) is 5.82. The lowest BCUT2D eigenvalue weighted by atomic mass is 10.1. The van der Waals surface area contributed by atoms with Crippen molar-refractivity contribution in [3.8, 4) is 5.69 Å². The molecule has 1 N–H and O–H groups in total.